The van der Waals surface area contributed by atoms with Gasteiger partial charge in [-0.1, -0.05) is 17.7 Å². The molecule has 1 aromatic carbocycles. The summed E-state index contributed by atoms with van der Waals surface area (Å²) in [5.74, 6) is -2.02. The molecule has 5 nitrogen and oxygen atoms in total. The minimum Gasteiger partial charge on any atom is -0.480 e. The fourth-order valence-electron chi connectivity index (χ4n) is 2.09. The number of carboxylic acid groups (broad SMARTS) is 1. The van der Waals surface area contributed by atoms with E-state index < -0.39 is 23.9 Å². The highest BCUT2D eigenvalue weighted by molar-refractivity contribution is 6.30. The van der Waals surface area contributed by atoms with Crippen molar-refractivity contribution < 1.29 is 19.4 Å². The monoisotopic (exact) mass is 269 g/mol. The van der Waals surface area contributed by atoms with E-state index >= 15 is 0 Å². The standard InChI is InChI=1S/C12H12ClNO4/c1-18-12(17)8-5-10(11(15)16)14-9-4-6(13)2-3-7(8)9/h2-4,8,10,14H,5H2,1H3,(H,15,16). The Morgan fingerprint density at radius 3 is 2.83 bits per heavy atom. The number of esters is 1. The minimum absolute atomic E-state index is 0.163. The van der Waals surface area contributed by atoms with Gasteiger partial charge in [-0.3, -0.25) is 4.79 Å². The largest absolute Gasteiger partial charge is 0.480 e. The molecule has 1 heterocycles. The van der Waals surface area contributed by atoms with E-state index in [9.17, 15) is 9.59 Å². The molecule has 6 heteroatoms. The van der Waals surface area contributed by atoms with Crippen molar-refractivity contribution in [2.24, 2.45) is 0 Å². The van der Waals surface area contributed by atoms with E-state index in [1.54, 1.807) is 18.2 Å². The number of halogens is 1. The molecule has 0 aliphatic carbocycles. The van der Waals surface area contributed by atoms with Crippen LogP contribution in [-0.4, -0.2) is 30.2 Å². The predicted molar refractivity (Wildman–Crippen MR) is 65.9 cm³/mol. The molecule has 1 aromatic rings. The second-order valence-electron chi connectivity index (χ2n) is 4.08. The van der Waals surface area contributed by atoms with Gasteiger partial charge in [-0.05, 0) is 24.1 Å². The molecule has 2 rings (SSSR count). The Morgan fingerprint density at radius 2 is 2.22 bits per heavy atom. The van der Waals surface area contributed by atoms with Crippen LogP contribution < -0.4 is 5.32 Å². The fourth-order valence-corrected chi connectivity index (χ4v) is 2.27. The van der Waals surface area contributed by atoms with Crippen molar-refractivity contribution in [3.8, 4) is 0 Å². The summed E-state index contributed by atoms with van der Waals surface area (Å²) in [6.07, 6.45) is 0.163. The molecule has 96 valence electrons. The van der Waals surface area contributed by atoms with E-state index in [0.29, 0.717) is 16.3 Å². The van der Waals surface area contributed by atoms with Crippen molar-refractivity contribution in [2.75, 3.05) is 12.4 Å². The van der Waals surface area contributed by atoms with Gasteiger partial charge in [0.25, 0.3) is 0 Å². The summed E-state index contributed by atoms with van der Waals surface area (Å²) in [4.78, 5) is 22.8. The highest BCUT2D eigenvalue weighted by Crippen LogP contribution is 2.36. The van der Waals surface area contributed by atoms with Crippen LogP contribution >= 0.6 is 11.6 Å². The zero-order chi connectivity index (χ0) is 13.3. The highest BCUT2D eigenvalue weighted by Gasteiger charge is 2.35. The molecule has 1 aliphatic heterocycles. The molecule has 18 heavy (non-hydrogen) atoms. The summed E-state index contributed by atoms with van der Waals surface area (Å²) in [5.41, 5.74) is 1.28. The first-order chi connectivity index (χ1) is 8.52. The summed E-state index contributed by atoms with van der Waals surface area (Å²) in [5, 5.41) is 12.4. The average Bonchev–Trinajstić information content (AvgIpc) is 2.35. The first kappa shape index (κ1) is 12.7. The Labute approximate surface area is 109 Å². The van der Waals surface area contributed by atoms with Crippen LogP contribution in [0.25, 0.3) is 0 Å². The van der Waals surface area contributed by atoms with Crippen LogP contribution in [0.1, 0.15) is 17.9 Å². The van der Waals surface area contributed by atoms with Gasteiger partial charge < -0.3 is 15.2 Å². The third kappa shape index (κ3) is 2.26. The van der Waals surface area contributed by atoms with E-state index in [2.05, 4.69) is 5.32 Å². The van der Waals surface area contributed by atoms with Crippen LogP contribution in [0.15, 0.2) is 18.2 Å². The molecule has 0 amide bonds. The molecule has 1 aliphatic rings. The molecule has 0 saturated carbocycles. The maximum atomic E-state index is 11.7. The zero-order valence-corrected chi connectivity index (χ0v) is 10.4. The van der Waals surface area contributed by atoms with E-state index in [4.69, 9.17) is 21.4 Å². The van der Waals surface area contributed by atoms with Crippen molar-refractivity contribution in [3.63, 3.8) is 0 Å². The Morgan fingerprint density at radius 1 is 1.50 bits per heavy atom. The Hall–Kier alpha value is -1.75. The van der Waals surface area contributed by atoms with E-state index in [1.807, 2.05) is 0 Å². The summed E-state index contributed by atoms with van der Waals surface area (Å²) < 4.78 is 4.71. The molecule has 2 N–H and O–H groups in total. The molecular weight excluding hydrogens is 258 g/mol. The quantitative estimate of drug-likeness (QED) is 0.802. The Balaban J connectivity index is 2.43. The molecule has 0 spiro atoms. The number of carbonyl (C=O) groups is 2. The van der Waals surface area contributed by atoms with Gasteiger partial charge in [-0.15, -0.1) is 0 Å². The third-order valence-electron chi connectivity index (χ3n) is 2.98. The number of methoxy groups -OCH3 is 1. The zero-order valence-electron chi connectivity index (χ0n) is 9.64. The van der Waals surface area contributed by atoms with Crippen molar-refractivity contribution in [2.45, 2.75) is 18.4 Å². The lowest BCUT2D eigenvalue weighted by Gasteiger charge is -2.29. The number of hydrogen-bond donors (Lipinski definition) is 2. The van der Waals surface area contributed by atoms with Crippen molar-refractivity contribution in [1.82, 2.24) is 0 Å². The van der Waals surface area contributed by atoms with Crippen LogP contribution in [-0.2, 0) is 14.3 Å². The molecule has 0 bridgehead atoms. The average molecular weight is 270 g/mol. The van der Waals surface area contributed by atoms with Gasteiger partial charge in [0.1, 0.15) is 6.04 Å². The van der Waals surface area contributed by atoms with E-state index in [-0.39, 0.29) is 6.42 Å². The molecule has 2 atom stereocenters. The number of ether oxygens (including phenoxy) is 1. The maximum Gasteiger partial charge on any atom is 0.326 e. The van der Waals surface area contributed by atoms with Gasteiger partial charge in [-0.25, -0.2) is 4.79 Å². The number of carbonyl (C=O) groups excluding carboxylic acids is 1. The second kappa shape index (κ2) is 4.86. The molecule has 0 aromatic heterocycles. The molecule has 2 unspecified atom stereocenters. The van der Waals surface area contributed by atoms with Gasteiger partial charge in [0.15, 0.2) is 0 Å². The van der Waals surface area contributed by atoms with Crippen LogP contribution in [0.2, 0.25) is 5.02 Å². The number of aliphatic carboxylic acids is 1. The number of nitrogens with one attached hydrogen (secondary N) is 1. The summed E-state index contributed by atoms with van der Waals surface area (Å²) in [6.45, 7) is 0. The molecular formula is C12H12ClNO4. The van der Waals surface area contributed by atoms with Gasteiger partial charge >= 0.3 is 11.9 Å². The SMILES string of the molecule is COC(=O)C1CC(C(=O)O)Nc2cc(Cl)ccc21. The van der Waals surface area contributed by atoms with Crippen LogP contribution in [0.4, 0.5) is 5.69 Å². The Kier molecular flexibility index (Phi) is 3.43. The number of carboxylic acids is 1. The lowest BCUT2D eigenvalue weighted by molar-refractivity contribution is -0.143. The molecule has 0 fully saturated rings. The van der Waals surface area contributed by atoms with Gasteiger partial charge in [-0.2, -0.15) is 0 Å². The first-order valence-electron chi connectivity index (χ1n) is 5.39. The Bertz CT molecular complexity index is 503. The number of rotatable bonds is 2. The lowest BCUT2D eigenvalue weighted by Crippen LogP contribution is -2.37. The minimum atomic E-state index is -1.01. The summed E-state index contributed by atoms with van der Waals surface area (Å²) >= 11 is 5.86. The molecule has 0 radical (unpaired) electrons. The second-order valence-corrected chi connectivity index (χ2v) is 4.51. The van der Waals surface area contributed by atoms with Gasteiger partial charge in [0, 0.05) is 10.7 Å². The number of hydrogen-bond acceptors (Lipinski definition) is 4. The first-order valence-corrected chi connectivity index (χ1v) is 5.77. The topological polar surface area (TPSA) is 75.6 Å². The number of benzene rings is 1. The number of fused-ring (bicyclic) bond motifs is 1. The maximum absolute atomic E-state index is 11.7. The van der Waals surface area contributed by atoms with Crippen molar-refractivity contribution in [3.05, 3.63) is 28.8 Å². The fraction of sp³-hybridized carbons (Fsp3) is 0.333. The van der Waals surface area contributed by atoms with Gasteiger partial charge in [0.05, 0.1) is 13.0 Å². The molecule has 0 saturated heterocycles. The van der Waals surface area contributed by atoms with Crippen LogP contribution in [0.5, 0.6) is 0 Å². The smallest absolute Gasteiger partial charge is 0.326 e. The highest BCUT2D eigenvalue weighted by atomic mass is 35.5. The third-order valence-corrected chi connectivity index (χ3v) is 3.21. The normalized spacial score (nSPS) is 21.7. The van der Waals surface area contributed by atoms with Crippen LogP contribution in [0.3, 0.4) is 0 Å². The van der Waals surface area contributed by atoms with Crippen molar-refractivity contribution >= 4 is 29.2 Å². The summed E-state index contributed by atoms with van der Waals surface area (Å²) in [7, 11) is 1.29. The lowest BCUT2D eigenvalue weighted by atomic mass is 9.87. The van der Waals surface area contributed by atoms with Crippen LogP contribution in [0, 0.1) is 0 Å². The van der Waals surface area contributed by atoms with E-state index in [1.165, 1.54) is 7.11 Å². The predicted octanol–water partition coefficient (Wildman–Crippen LogP) is 1.87. The van der Waals surface area contributed by atoms with Gasteiger partial charge in [0.2, 0.25) is 0 Å². The number of anilines is 1. The van der Waals surface area contributed by atoms with Crippen molar-refractivity contribution in [1.29, 1.82) is 0 Å². The van der Waals surface area contributed by atoms with E-state index in [0.717, 1.165) is 0 Å². The summed E-state index contributed by atoms with van der Waals surface area (Å²) in [6, 6.07) is 4.17.